The van der Waals surface area contributed by atoms with Crippen molar-refractivity contribution in [2.75, 3.05) is 18.6 Å². The Kier molecular flexibility index (Phi) is 5.53. The number of hydrogen-bond donors (Lipinski definition) is 0. The summed E-state index contributed by atoms with van der Waals surface area (Å²) in [4.78, 5) is 26.8. The monoisotopic (exact) mass is 396 g/mol. The summed E-state index contributed by atoms with van der Waals surface area (Å²) >= 11 is 12.5. The molecule has 1 aliphatic carbocycles. The second kappa shape index (κ2) is 7.68. The molecule has 26 heavy (non-hydrogen) atoms. The fourth-order valence-corrected chi connectivity index (χ4v) is 3.24. The van der Waals surface area contributed by atoms with Crippen molar-refractivity contribution in [3.8, 4) is 0 Å². The second-order valence-electron chi connectivity index (χ2n) is 6.09. The number of methoxy groups -OCH3 is 1. The van der Waals surface area contributed by atoms with Crippen LogP contribution in [0.4, 0.5) is 10.5 Å². The van der Waals surface area contributed by atoms with Gasteiger partial charge >= 0.3 is 6.09 Å². The van der Waals surface area contributed by atoms with Crippen LogP contribution in [0.25, 0.3) is 0 Å². The van der Waals surface area contributed by atoms with Crippen LogP contribution >= 0.6 is 23.2 Å². The van der Waals surface area contributed by atoms with E-state index in [1.165, 1.54) is 24.3 Å². The molecular weight excluding hydrogens is 379 g/mol. The number of hydrogen-bond acceptors (Lipinski definition) is 5. The lowest BCUT2D eigenvalue weighted by Crippen LogP contribution is -2.33. The minimum Gasteiger partial charge on any atom is -0.452 e. The Morgan fingerprint density at radius 2 is 2.04 bits per heavy atom. The molecule has 0 unspecified atom stereocenters. The van der Waals surface area contributed by atoms with Gasteiger partial charge in [-0.25, -0.2) is 4.79 Å². The van der Waals surface area contributed by atoms with Crippen LogP contribution in [0, 0.1) is 0 Å². The van der Waals surface area contributed by atoms with E-state index in [1.807, 2.05) is 6.92 Å². The maximum atomic E-state index is 13.2. The molecule has 1 aliphatic rings. The highest BCUT2D eigenvalue weighted by molar-refractivity contribution is 6.44. The molecule has 1 aromatic carbocycles. The second-order valence-corrected chi connectivity index (χ2v) is 6.87. The summed E-state index contributed by atoms with van der Waals surface area (Å²) in [7, 11) is 1.27. The zero-order valence-corrected chi connectivity index (χ0v) is 15.9. The van der Waals surface area contributed by atoms with Gasteiger partial charge in [-0.15, -0.1) is 0 Å². The van der Waals surface area contributed by atoms with Crippen LogP contribution in [-0.2, 0) is 4.74 Å². The molecule has 2 aromatic rings. The van der Waals surface area contributed by atoms with E-state index in [2.05, 4.69) is 5.16 Å². The van der Waals surface area contributed by atoms with Crippen molar-refractivity contribution in [1.82, 2.24) is 5.16 Å². The maximum absolute atomic E-state index is 13.2. The van der Waals surface area contributed by atoms with Gasteiger partial charge in [0.2, 0.25) is 0 Å². The Hall–Kier alpha value is -2.05. The Morgan fingerprint density at radius 1 is 1.31 bits per heavy atom. The number of nitrogens with zero attached hydrogens (tertiary/aromatic N) is 2. The van der Waals surface area contributed by atoms with E-state index >= 15 is 0 Å². The number of rotatable bonds is 6. The molecular formula is C18H18Cl2N2O4. The average Bonchev–Trinajstić information content (AvgIpc) is 3.37. The van der Waals surface area contributed by atoms with E-state index in [9.17, 15) is 9.59 Å². The molecule has 1 fully saturated rings. The summed E-state index contributed by atoms with van der Waals surface area (Å²) in [5.41, 5.74) is 0.873. The third kappa shape index (κ3) is 3.44. The molecule has 6 nitrogen and oxygen atoms in total. The van der Waals surface area contributed by atoms with Crippen LogP contribution in [0.15, 0.2) is 22.9 Å². The first-order valence-electron chi connectivity index (χ1n) is 8.32. The van der Waals surface area contributed by atoms with E-state index < -0.39 is 6.09 Å². The topological polar surface area (TPSA) is 72.6 Å². The smallest absolute Gasteiger partial charge is 0.414 e. The highest BCUT2D eigenvalue weighted by Crippen LogP contribution is 2.43. The Labute approximate surface area is 161 Å². The minimum absolute atomic E-state index is 0.126. The van der Waals surface area contributed by atoms with Crippen LogP contribution in [0.2, 0.25) is 10.0 Å². The highest BCUT2D eigenvalue weighted by atomic mass is 35.5. The van der Waals surface area contributed by atoms with Crippen molar-refractivity contribution >= 4 is 40.8 Å². The summed E-state index contributed by atoms with van der Waals surface area (Å²) in [5.74, 6) is 0.480. The number of aromatic nitrogens is 1. The average molecular weight is 397 g/mol. The molecule has 1 saturated carbocycles. The van der Waals surface area contributed by atoms with Crippen molar-refractivity contribution in [2.24, 2.45) is 0 Å². The predicted octanol–water partition coefficient (Wildman–Crippen LogP) is 5.07. The lowest BCUT2D eigenvalue weighted by Gasteiger charge is -2.24. The van der Waals surface area contributed by atoms with Crippen molar-refractivity contribution in [3.63, 3.8) is 0 Å². The Bertz CT molecular complexity index is 846. The van der Waals surface area contributed by atoms with Gasteiger partial charge in [-0.05, 0) is 31.4 Å². The predicted molar refractivity (Wildman–Crippen MR) is 98.4 cm³/mol. The van der Waals surface area contributed by atoms with Crippen molar-refractivity contribution in [1.29, 1.82) is 0 Å². The fraction of sp³-hybridized carbons (Fsp3) is 0.389. The zero-order chi connectivity index (χ0) is 18.8. The number of amides is 1. The van der Waals surface area contributed by atoms with Gasteiger partial charge in [0, 0.05) is 18.0 Å². The van der Waals surface area contributed by atoms with E-state index in [-0.39, 0.29) is 33.0 Å². The fourth-order valence-electron chi connectivity index (χ4n) is 2.82. The minimum atomic E-state index is -0.613. The first kappa shape index (κ1) is 18.7. The summed E-state index contributed by atoms with van der Waals surface area (Å²) in [5, 5.41) is 4.14. The SMILES string of the molecule is CCCN(C(=O)OC)c1c(C(=O)c2cnoc2C2CC2)ccc(Cl)c1Cl. The molecule has 1 amide bonds. The van der Waals surface area contributed by atoms with Crippen LogP contribution in [0.5, 0.6) is 0 Å². The summed E-state index contributed by atoms with van der Waals surface area (Å²) in [6.07, 6.45) is 3.37. The standard InChI is InChI=1S/C18H18Cl2N2O4/c1-3-8-22(18(24)25-2)15-11(6-7-13(19)14(15)20)16(23)12-9-21-26-17(12)10-4-5-10/h6-7,9-10H,3-5,8H2,1-2H3. The number of ether oxygens (including phenoxy) is 1. The summed E-state index contributed by atoms with van der Waals surface area (Å²) in [6, 6.07) is 3.09. The van der Waals surface area contributed by atoms with Gasteiger partial charge in [-0.3, -0.25) is 9.69 Å². The Balaban J connectivity index is 2.12. The molecule has 1 aromatic heterocycles. The molecule has 0 N–H and O–H groups in total. The van der Waals surface area contributed by atoms with E-state index in [0.717, 1.165) is 12.8 Å². The summed E-state index contributed by atoms with van der Waals surface area (Å²) < 4.78 is 10.1. The highest BCUT2D eigenvalue weighted by Gasteiger charge is 2.34. The molecule has 0 radical (unpaired) electrons. The number of anilines is 1. The maximum Gasteiger partial charge on any atom is 0.414 e. The quantitative estimate of drug-likeness (QED) is 0.636. The molecule has 8 heteroatoms. The van der Waals surface area contributed by atoms with Crippen molar-refractivity contribution < 1.29 is 18.8 Å². The van der Waals surface area contributed by atoms with Gasteiger partial charge in [0.15, 0.2) is 11.5 Å². The lowest BCUT2D eigenvalue weighted by atomic mass is 10.00. The summed E-state index contributed by atoms with van der Waals surface area (Å²) in [6.45, 7) is 2.23. The molecule has 0 saturated heterocycles. The van der Waals surface area contributed by atoms with E-state index in [4.69, 9.17) is 32.5 Å². The number of halogens is 2. The number of carbonyl (C=O) groups excluding carboxylic acids is 2. The first-order chi connectivity index (χ1) is 12.5. The van der Waals surface area contributed by atoms with E-state index in [0.29, 0.717) is 24.3 Å². The van der Waals surface area contributed by atoms with Crippen LogP contribution < -0.4 is 4.90 Å². The van der Waals surface area contributed by atoms with Crippen LogP contribution in [0.1, 0.15) is 53.8 Å². The Morgan fingerprint density at radius 3 is 2.65 bits per heavy atom. The number of ketones is 1. The number of benzene rings is 1. The molecule has 138 valence electrons. The van der Waals surface area contributed by atoms with Gasteiger partial charge in [0.1, 0.15) is 0 Å². The van der Waals surface area contributed by atoms with Gasteiger partial charge < -0.3 is 9.26 Å². The van der Waals surface area contributed by atoms with Crippen molar-refractivity contribution in [3.05, 3.63) is 45.3 Å². The zero-order valence-electron chi connectivity index (χ0n) is 14.4. The van der Waals surface area contributed by atoms with Crippen LogP contribution in [-0.4, -0.2) is 30.7 Å². The van der Waals surface area contributed by atoms with Gasteiger partial charge in [-0.2, -0.15) is 0 Å². The molecule has 0 spiro atoms. The van der Waals surface area contributed by atoms with Gasteiger partial charge in [0.25, 0.3) is 0 Å². The molecule has 0 aliphatic heterocycles. The molecule has 1 heterocycles. The molecule has 0 bridgehead atoms. The molecule has 0 atom stereocenters. The van der Waals surface area contributed by atoms with E-state index in [1.54, 1.807) is 6.07 Å². The third-order valence-corrected chi connectivity index (χ3v) is 5.01. The van der Waals surface area contributed by atoms with Crippen molar-refractivity contribution in [2.45, 2.75) is 32.1 Å². The lowest BCUT2D eigenvalue weighted by molar-refractivity contribution is 0.103. The molecule has 3 rings (SSSR count). The largest absolute Gasteiger partial charge is 0.452 e. The van der Waals surface area contributed by atoms with Gasteiger partial charge in [-0.1, -0.05) is 35.3 Å². The number of carbonyl (C=O) groups is 2. The third-order valence-electron chi connectivity index (χ3n) is 4.22. The van der Waals surface area contributed by atoms with Crippen LogP contribution in [0.3, 0.4) is 0 Å². The normalized spacial score (nSPS) is 13.5. The van der Waals surface area contributed by atoms with Gasteiger partial charge in [0.05, 0.1) is 34.6 Å². The first-order valence-corrected chi connectivity index (χ1v) is 9.07.